The summed E-state index contributed by atoms with van der Waals surface area (Å²) < 4.78 is 46.2. The molecule has 2 aliphatic rings. The van der Waals surface area contributed by atoms with Crippen LogP contribution in [0, 0.1) is 17.8 Å². The summed E-state index contributed by atoms with van der Waals surface area (Å²) in [6.45, 7) is 2.81. The molecule has 1 aromatic heterocycles. The molecule has 2 atom stereocenters. The first-order valence-electron chi connectivity index (χ1n) is 10.3. The van der Waals surface area contributed by atoms with Gasteiger partial charge in [0.05, 0.1) is 19.4 Å². The van der Waals surface area contributed by atoms with Crippen molar-refractivity contribution in [1.29, 1.82) is 0 Å². The summed E-state index contributed by atoms with van der Waals surface area (Å²) in [6, 6.07) is 8.63. The molecule has 1 aromatic carbocycles. The summed E-state index contributed by atoms with van der Waals surface area (Å²) >= 11 is 0. The van der Waals surface area contributed by atoms with Crippen LogP contribution in [-0.4, -0.2) is 61.2 Å². The first-order valence-corrected chi connectivity index (χ1v) is 10.3. The Morgan fingerprint density at radius 1 is 1.22 bits per heavy atom. The molecule has 10 heteroatoms. The van der Waals surface area contributed by atoms with Gasteiger partial charge in [-0.15, -0.1) is 13.2 Å². The number of hydrogen-bond donors (Lipinski definition) is 1. The van der Waals surface area contributed by atoms with E-state index in [4.69, 9.17) is 4.42 Å². The zero-order valence-corrected chi connectivity index (χ0v) is 17.5. The van der Waals surface area contributed by atoms with Gasteiger partial charge in [0.1, 0.15) is 11.5 Å². The molecule has 4 rings (SSSR count). The van der Waals surface area contributed by atoms with Crippen LogP contribution in [0.2, 0.25) is 0 Å². The monoisotopic (exact) mass is 451 g/mol. The summed E-state index contributed by atoms with van der Waals surface area (Å²) in [5.41, 5.74) is 0.115. The van der Waals surface area contributed by atoms with Crippen molar-refractivity contribution >= 4 is 11.8 Å². The molecule has 2 fully saturated rings. The maximum atomic E-state index is 12.4. The number of halogens is 3. The van der Waals surface area contributed by atoms with Crippen LogP contribution < -0.4 is 10.1 Å². The quantitative estimate of drug-likeness (QED) is 0.668. The van der Waals surface area contributed by atoms with Crippen LogP contribution in [0.15, 0.2) is 47.1 Å². The van der Waals surface area contributed by atoms with E-state index in [2.05, 4.69) is 15.0 Å². The van der Waals surface area contributed by atoms with E-state index in [-0.39, 0.29) is 11.5 Å². The van der Waals surface area contributed by atoms with Gasteiger partial charge in [-0.05, 0) is 48.1 Å². The lowest BCUT2D eigenvalue weighted by Gasteiger charge is -2.23. The van der Waals surface area contributed by atoms with E-state index in [1.165, 1.54) is 12.1 Å². The van der Waals surface area contributed by atoms with E-state index in [1.54, 1.807) is 24.3 Å². The number of nitrogens with zero attached hydrogens (tertiary/aromatic N) is 2. The number of amides is 2. The van der Waals surface area contributed by atoms with Crippen molar-refractivity contribution in [2.75, 3.05) is 33.2 Å². The lowest BCUT2D eigenvalue weighted by atomic mass is 10.2. The predicted molar refractivity (Wildman–Crippen MR) is 108 cm³/mol. The Hall–Kier alpha value is -3.01. The molecule has 7 nitrogen and oxygen atoms in total. The zero-order chi connectivity index (χ0) is 22.9. The molecule has 2 aromatic rings. The van der Waals surface area contributed by atoms with E-state index in [1.807, 2.05) is 6.07 Å². The first kappa shape index (κ1) is 22.2. The third-order valence-electron chi connectivity index (χ3n) is 6.03. The molecule has 32 heavy (non-hydrogen) atoms. The molecule has 1 saturated heterocycles. The van der Waals surface area contributed by atoms with Crippen LogP contribution in [0.3, 0.4) is 0 Å². The van der Waals surface area contributed by atoms with Gasteiger partial charge in [0.2, 0.25) is 5.91 Å². The minimum atomic E-state index is -4.80. The predicted octanol–water partition coefficient (Wildman–Crippen LogP) is 2.74. The third kappa shape index (κ3) is 5.42. The van der Waals surface area contributed by atoms with E-state index in [0.717, 1.165) is 31.0 Å². The number of nitrogens with one attached hydrogen (secondary N) is 1. The summed E-state index contributed by atoms with van der Waals surface area (Å²) in [6.07, 6.45) is -3.23. The van der Waals surface area contributed by atoms with Gasteiger partial charge in [0.25, 0.3) is 5.91 Å². The van der Waals surface area contributed by atoms with Gasteiger partial charge in [-0.3, -0.25) is 14.5 Å². The number of furan rings is 1. The van der Waals surface area contributed by atoms with Gasteiger partial charge in [0.15, 0.2) is 0 Å². The van der Waals surface area contributed by atoms with Crippen LogP contribution in [0.5, 0.6) is 5.75 Å². The largest absolute Gasteiger partial charge is 0.573 e. The Labute approximate surface area is 183 Å². The van der Waals surface area contributed by atoms with Crippen molar-refractivity contribution < 1.29 is 31.9 Å². The van der Waals surface area contributed by atoms with Crippen molar-refractivity contribution in [3.63, 3.8) is 0 Å². The van der Waals surface area contributed by atoms with Gasteiger partial charge < -0.3 is 19.4 Å². The second-order valence-corrected chi connectivity index (χ2v) is 8.30. The number of hydrogen-bond acceptors (Lipinski definition) is 5. The van der Waals surface area contributed by atoms with E-state index in [0.29, 0.717) is 37.4 Å². The molecular formula is C22H24F3N3O4. The second kappa shape index (κ2) is 8.85. The van der Waals surface area contributed by atoms with Gasteiger partial charge >= 0.3 is 6.36 Å². The summed E-state index contributed by atoms with van der Waals surface area (Å²) in [5, 5.41) is 2.80. The van der Waals surface area contributed by atoms with E-state index >= 15 is 0 Å². The highest BCUT2D eigenvalue weighted by Crippen LogP contribution is 2.51. The van der Waals surface area contributed by atoms with Crippen LogP contribution in [0.25, 0.3) is 0 Å². The average Bonchev–Trinajstić information content (AvgIpc) is 3.08. The number of carbonyl (C=O) groups excluding carboxylic acids is 2. The molecule has 0 bridgehead atoms. The molecule has 172 valence electrons. The minimum Gasteiger partial charge on any atom is -0.467 e. The average molecular weight is 451 g/mol. The molecule has 0 radical (unpaired) electrons. The Bertz CT molecular complexity index is 952. The Morgan fingerprint density at radius 3 is 2.62 bits per heavy atom. The Kier molecular flexibility index (Phi) is 6.14. The van der Waals surface area contributed by atoms with Gasteiger partial charge in [-0.2, -0.15) is 0 Å². The van der Waals surface area contributed by atoms with Crippen LogP contribution >= 0.6 is 0 Å². The lowest BCUT2D eigenvalue weighted by molar-refractivity contribution is -0.274. The van der Waals surface area contributed by atoms with Gasteiger partial charge in [-0.1, -0.05) is 6.07 Å². The molecule has 2 amide bonds. The maximum absolute atomic E-state index is 12.4. The number of likely N-dealkylation sites (N-methyl/N-ethyl adjacent to an activating group) is 1. The highest BCUT2D eigenvalue weighted by atomic mass is 19.4. The molecule has 0 spiro atoms. The second-order valence-electron chi connectivity index (χ2n) is 8.30. The number of fused-ring (bicyclic) bond motifs is 1. The summed E-state index contributed by atoms with van der Waals surface area (Å²) in [7, 11) is 1.74. The Morgan fingerprint density at radius 2 is 1.97 bits per heavy atom. The zero-order valence-electron chi connectivity index (χ0n) is 17.5. The van der Waals surface area contributed by atoms with Crippen LogP contribution in [-0.2, 0) is 11.3 Å². The molecular weight excluding hydrogens is 427 g/mol. The molecule has 1 aliphatic heterocycles. The molecule has 1 N–H and O–H groups in total. The smallest absolute Gasteiger partial charge is 0.467 e. The van der Waals surface area contributed by atoms with Crippen LogP contribution in [0.1, 0.15) is 16.1 Å². The number of ether oxygens (including phenoxy) is 1. The van der Waals surface area contributed by atoms with Gasteiger partial charge in [0, 0.05) is 32.2 Å². The number of piperidine rings is 1. The standard InChI is InChI=1S/C22H24F3N3O4/c1-27(10-16-6-3-7-31-16)20(29)13-28-11-18-17(19(18)12-28)9-26-21(30)14-4-2-5-15(8-14)32-22(23,24)25/h2-8,17-19H,9-13H2,1H3,(H,26,30). The number of likely N-dealkylation sites (tertiary alicyclic amines) is 1. The SMILES string of the molecule is CN(Cc1ccco1)C(=O)CN1CC2C(CNC(=O)c3cccc(OC(F)(F)F)c3)C2C1. The van der Waals surface area contributed by atoms with E-state index in [9.17, 15) is 22.8 Å². The fourth-order valence-corrected chi connectivity index (χ4v) is 4.35. The minimum absolute atomic E-state index is 0.0218. The summed E-state index contributed by atoms with van der Waals surface area (Å²) in [4.78, 5) is 28.5. The van der Waals surface area contributed by atoms with Crippen molar-refractivity contribution in [3.8, 4) is 5.75 Å². The molecule has 2 unspecified atom stereocenters. The maximum Gasteiger partial charge on any atom is 0.573 e. The fourth-order valence-electron chi connectivity index (χ4n) is 4.35. The van der Waals surface area contributed by atoms with Crippen molar-refractivity contribution in [1.82, 2.24) is 15.1 Å². The highest BCUT2D eigenvalue weighted by Gasteiger charge is 2.55. The molecule has 1 saturated carbocycles. The highest BCUT2D eigenvalue weighted by molar-refractivity contribution is 5.94. The first-order chi connectivity index (χ1) is 15.2. The fraction of sp³-hybridized carbons (Fsp3) is 0.455. The van der Waals surface area contributed by atoms with Crippen molar-refractivity contribution in [2.24, 2.45) is 17.8 Å². The molecule has 1 aliphatic carbocycles. The number of alkyl halides is 3. The van der Waals surface area contributed by atoms with Gasteiger partial charge in [-0.25, -0.2) is 0 Å². The normalized spacial score (nSPS) is 22.3. The van der Waals surface area contributed by atoms with E-state index < -0.39 is 18.0 Å². The van der Waals surface area contributed by atoms with Crippen molar-refractivity contribution in [2.45, 2.75) is 12.9 Å². The van der Waals surface area contributed by atoms with Crippen molar-refractivity contribution in [3.05, 3.63) is 54.0 Å². The number of benzene rings is 1. The topological polar surface area (TPSA) is 75.0 Å². The third-order valence-corrected chi connectivity index (χ3v) is 6.03. The van der Waals surface area contributed by atoms with Crippen LogP contribution in [0.4, 0.5) is 13.2 Å². The number of rotatable bonds is 8. The summed E-state index contributed by atoms with van der Waals surface area (Å²) in [5.74, 6) is 1.04. The lowest BCUT2D eigenvalue weighted by Crippen LogP contribution is -2.39. The number of carbonyl (C=O) groups is 2. The molecule has 2 heterocycles. The Balaban J connectivity index is 1.19.